The quantitative estimate of drug-likeness (QED) is 0.842. The van der Waals surface area contributed by atoms with E-state index in [1.54, 1.807) is 6.92 Å². The van der Waals surface area contributed by atoms with Crippen LogP contribution in [0.5, 0.6) is 0 Å². The molecule has 0 unspecified atom stereocenters. The van der Waals surface area contributed by atoms with Crippen LogP contribution in [0.2, 0.25) is 0 Å². The molecule has 0 aliphatic rings. The van der Waals surface area contributed by atoms with E-state index in [1.807, 2.05) is 0 Å². The van der Waals surface area contributed by atoms with Crippen LogP contribution in [0, 0.1) is 12.7 Å². The maximum atomic E-state index is 12.9. The number of halogens is 4. The van der Waals surface area contributed by atoms with Crippen molar-refractivity contribution in [1.29, 1.82) is 0 Å². The highest BCUT2D eigenvalue weighted by atomic mass is 19.4. The minimum absolute atomic E-state index is 0.197. The number of rotatable bonds is 5. The Morgan fingerprint density at radius 2 is 2.00 bits per heavy atom. The second-order valence-corrected chi connectivity index (χ2v) is 4.22. The lowest BCUT2D eigenvalue weighted by Gasteiger charge is -2.22. The molecule has 0 saturated heterocycles. The lowest BCUT2D eigenvalue weighted by molar-refractivity contribution is -0.154. The molecule has 0 bridgehead atoms. The highest BCUT2D eigenvalue weighted by Crippen LogP contribution is 2.19. The van der Waals surface area contributed by atoms with E-state index >= 15 is 0 Å². The SMILES string of the molecule is Cc1cc(F)ccc1CN(CC(=O)O)CC(F)(F)F. The van der Waals surface area contributed by atoms with Crippen LogP contribution < -0.4 is 0 Å². The molecule has 0 aromatic heterocycles. The van der Waals surface area contributed by atoms with Crippen molar-refractivity contribution in [3.8, 4) is 0 Å². The Morgan fingerprint density at radius 1 is 1.37 bits per heavy atom. The summed E-state index contributed by atoms with van der Waals surface area (Å²) in [5.74, 6) is -1.83. The number of benzene rings is 1. The van der Waals surface area contributed by atoms with Crippen molar-refractivity contribution >= 4 is 5.97 Å². The smallest absolute Gasteiger partial charge is 0.401 e. The Hall–Kier alpha value is -1.63. The van der Waals surface area contributed by atoms with Crippen LogP contribution in [0.4, 0.5) is 17.6 Å². The molecule has 0 spiro atoms. The zero-order valence-electron chi connectivity index (χ0n) is 10.2. The molecule has 0 atom stereocenters. The minimum atomic E-state index is -4.48. The first-order chi connectivity index (χ1) is 8.67. The van der Waals surface area contributed by atoms with Gasteiger partial charge in [0.1, 0.15) is 5.82 Å². The van der Waals surface area contributed by atoms with Crippen LogP contribution in [-0.2, 0) is 11.3 Å². The summed E-state index contributed by atoms with van der Waals surface area (Å²) in [6, 6.07) is 3.69. The van der Waals surface area contributed by atoms with Crippen molar-refractivity contribution in [3.63, 3.8) is 0 Å². The summed E-state index contributed by atoms with van der Waals surface area (Å²) < 4.78 is 49.9. The molecule has 19 heavy (non-hydrogen) atoms. The van der Waals surface area contributed by atoms with Gasteiger partial charge in [0, 0.05) is 6.54 Å². The monoisotopic (exact) mass is 279 g/mol. The molecule has 0 fully saturated rings. The number of alkyl halides is 3. The van der Waals surface area contributed by atoms with Crippen molar-refractivity contribution in [2.24, 2.45) is 0 Å². The molecular weight excluding hydrogens is 266 g/mol. The largest absolute Gasteiger partial charge is 0.480 e. The average molecular weight is 279 g/mol. The molecular formula is C12H13F4NO2. The van der Waals surface area contributed by atoms with E-state index in [4.69, 9.17) is 5.11 Å². The van der Waals surface area contributed by atoms with Crippen molar-refractivity contribution in [1.82, 2.24) is 4.90 Å². The summed E-state index contributed by atoms with van der Waals surface area (Å²) >= 11 is 0. The number of carboxylic acids is 1. The predicted octanol–water partition coefficient (Wildman–Crippen LogP) is 2.58. The first kappa shape index (κ1) is 15.4. The highest BCUT2D eigenvalue weighted by molar-refractivity contribution is 5.69. The Kier molecular flexibility index (Phi) is 4.88. The lowest BCUT2D eigenvalue weighted by Crippen LogP contribution is -2.37. The molecule has 106 valence electrons. The maximum absolute atomic E-state index is 12.9. The lowest BCUT2D eigenvalue weighted by atomic mass is 10.1. The van der Waals surface area contributed by atoms with Gasteiger partial charge in [-0.2, -0.15) is 13.2 Å². The first-order valence-electron chi connectivity index (χ1n) is 5.43. The molecule has 7 heteroatoms. The van der Waals surface area contributed by atoms with Crippen molar-refractivity contribution in [2.75, 3.05) is 13.1 Å². The fourth-order valence-electron chi connectivity index (χ4n) is 1.69. The third-order valence-corrected chi connectivity index (χ3v) is 2.46. The summed E-state index contributed by atoms with van der Waals surface area (Å²) in [6.07, 6.45) is -4.48. The summed E-state index contributed by atoms with van der Waals surface area (Å²) in [5.41, 5.74) is 0.949. The maximum Gasteiger partial charge on any atom is 0.401 e. The van der Waals surface area contributed by atoms with Crippen LogP contribution in [0.1, 0.15) is 11.1 Å². The van der Waals surface area contributed by atoms with E-state index in [0.717, 1.165) is 11.0 Å². The number of aliphatic carboxylic acids is 1. The molecule has 0 aliphatic carbocycles. The summed E-state index contributed by atoms with van der Waals surface area (Å²) in [6.45, 7) is -0.685. The first-order valence-corrected chi connectivity index (χ1v) is 5.43. The van der Waals surface area contributed by atoms with E-state index in [9.17, 15) is 22.4 Å². The summed E-state index contributed by atoms with van der Waals surface area (Å²) in [4.78, 5) is 11.3. The van der Waals surface area contributed by atoms with E-state index in [2.05, 4.69) is 0 Å². The molecule has 0 radical (unpaired) electrons. The van der Waals surface area contributed by atoms with Gasteiger partial charge in [-0.3, -0.25) is 9.69 Å². The topological polar surface area (TPSA) is 40.5 Å². The number of hydrogen-bond acceptors (Lipinski definition) is 2. The fraction of sp³-hybridized carbons (Fsp3) is 0.417. The Labute approximate surface area is 107 Å². The zero-order valence-corrected chi connectivity index (χ0v) is 10.2. The summed E-state index contributed by atoms with van der Waals surface area (Å²) in [7, 11) is 0. The van der Waals surface area contributed by atoms with Crippen molar-refractivity contribution in [2.45, 2.75) is 19.6 Å². The number of nitrogens with zero attached hydrogens (tertiary/aromatic N) is 1. The molecule has 1 rings (SSSR count). The molecule has 0 saturated carbocycles. The molecule has 0 amide bonds. The van der Waals surface area contributed by atoms with Crippen LogP contribution in [-0.4, -0.2) is 35.2 Å². The van der Waals surface area contributed by atoms with Gasteiger partial charge < -0.3 is 5.11 Å². The summed E-state index contributed by atoms with van der Waals surface area (Å²) in [5, 5.41) is 8.60. The van der Waals surface area contributed by atoms with Gasteiger partial charge in [-0.25, -0.2) is 4.39 Å². The molecule has 1 aromatic rings. The molecule has 1 aromatic carbocycles. The number of carboxylic acid groups (broad SMARTS) is 1. The Bertz CT molecular complexity index is 460. The molecule has 0 aliphatic heterocycles. The second kappa shape index (κ2) is 6.01. The van der Waals surface area contributed by atoms with Gasteiger partial charge in [0.05, 0.1) is 13.1 Å². The van der Waals surface area contributed by atoms with E-state index < -0.39 is 31.1 Å². The number of aryl methyl sites for hydroxylation is 1. The average Bonchev–Trinajstić information content (AvgIpc) is 2.18. The van der Waals surface area contributed by atoms with Gasteiger partial charge in [-0.1, -0.05) is 6.07 Å². The van der Waals surface area contributed by atoms with Gasteiger partial charge in [0.2, 0.25) is 0 Å². The Morgan fingerprint density at radius 3 is 2.47 bits per heavy atom. The number of hydrogen-bond donors (Lipinski definition) is 1. The van der Waals surface area contributed by atoms with E-state index in [1.165, 1.54) is 12.1 Å². The van der Waals surface area contributed by atoms with Gasteiger partial charge >= 0.3 is 12.1 Å². The Balaban J connectivity index is 2.84. The van der Waals surface area contributed by atoms with Crippen LogP contribution >= 0.6 is 0 Å². The van der Waals surface area contributed by atoms with Gasteiger partial charge in [0.25, 0.3) is 0 Å². The molecule has 3 nitrogen and oxygen atoms in total. The van der Waals surface area contributed by atoms with Gasteiger partial charge in [0.15, 0.2) is 0 Å². The second-order valence-electron chi connectivity index (χ2n) is 4.22. The van der Waals surface area contributed by atoms with Gasteiger partial charge in [-0.05, 0) is 30.2 Å². The van der Waals surface area contributed by atoms with E-state index in [-0.39, 0.29) is 6.54 Å². The minimum Gasteiger partial charge on any atom is -0.480 e. The van der Waals surface area contributed by atoms with Crippen LogP contribution in [0.25, 0.3) is 0 Å². The fourth-order valence-corrected chi connectivity index (χ4v) is 1.69. The normalized spacial score (nSPS) is 11.9. The molecule has 0 heterocycles. The standard InChI is InChI=1S/C12H13F4NO2/c1-8-4-10(13)3-2-9(8)5-17(6-11(18)19)7-12(14,15)16/h2-4H,5-7H2,1H3,(H,18,19). The van der Waals surface area contributed by atoms with E-state index in [0.29, 0.717) is 11.1 Å². The number of carbonyl (C=O) groups is 1. The van der Waals surface area contributed by atoms with Gasteiger partial charge in [-0.15, -0.1) is 0 Å². The predicted molar refractivity (Wildman–Crippen MR) is 60.1 cm³/mol. The third-order valence-electron chi connectivity index (χ3n) is 2.46. The highest BCUT2D eigenvalue weighted by Gasteiger charge is 2.31. The third kappa shape index (κ3) is 5.69. The molecule has 1 N–H and O–H groups in total. The zero-order chi connectivity index (χ0) is 14.6. The van der Waals surface area contributed by atoms with Crippen LogP contribution in [0.15, 0.2) is 18.2 Å². The van der Waals surface area contributed by atoms with Crippen molar-refractivity contribution in [3.05, 3.63) is 35.1 Å². The van der Waals surface area contributed by atoms with Crippen LogP contribution in [0.3, 0.4) is 0 Å². The van der Waals surface area contributed by atoms with Crippen molar-refractivity contribution < 1.29 is 27.5 Å².